The number of aromatic nitrogens is 1. The number of hydrogen-bond donors (Lipinski definition) is 2. The molecular weight excluding hydrogens is 551 g/mol. The van der Waals surface area contributed by atoms with Gasteiger partial charge >= 0.3 is 5.97 Å². The van der Waals surface area contributed by atoms with Crippen LogP contribution < -0.4 is 5.32 Å². The van der Waals surface area contributed by atoms with Crippen molar-refractivity contribution < 1.29 is 14.7 Å². The molecule has 3 aromatic rings. The summed E-state index contributed by atoms with van der Waals surface area (Å²) in [5, 5.41) is 14.3. The zero-order valence-electron chi connectivity index (χ0n) is 19.6. The van der Waals surface area contributed by atoms with Gasteiger partial charge in [-0.1, -0.05) is 30.3 Å². The van der Waals surface area contributed by atoms with Gasteiger partial charge in [-0.3, -0.25) is 9.59 Å². The Morgan fingerprint density at radius 3 is 2.40 bits per heavy atom. The van der Waals surface area contributed by atoms with Crippen LogP contribution in [0.5, 0.6) is 0 Å². The first kappa shape index (κ1) is 23.0. The molecule has 0 radical (unpaired) electrons. The molecule has 0 unspecified atom stereocenters. The number of nitrogens with zero attached hydrogens (tertiary/aromatic N) is 1. The average molecular weight is 580 g/mol. The molecule has 5 nitrogen and oxygen atoms in total. The van der Waals surface area contributed by atoms with Crippen molar-refractivity contribution in [2.45, 2.75) is 69.2 Å². The predicted octanol–water partition coefficient (Wildman–Crippen LogP) is 6.68. The molecule has 6 heteroatoms. The number of halogens is 1. The van der Waals surface area contributed by atoms with Gasteiger partial charge in [0.2, 0.25) is 0 Å². The Labute approximate surface area is 218 Å². The van der Waals surface area contributed by atoms with Gasteiger partial charge in [0, 0.05) is 20.1 Å². The summed E-state index contributed by atoms with van der Waals surface area (Å²) in [5.41, 5.74) is 3.71. The summed E-state index contributed by atoms with van der Waals surface area (Å²) in [6.45, 7) is 0. The molecule has 0 aliphatic heterocycles. The third kappa shape index (κ3) is 4.03. The van der Waals surface area contributed by atoms with Gasteiger partial charge in [-0.15, -0.1) is 0 Å². The van der Waals surface area contributed by atoms with Crippen molar-refractivity contribution in [3.63, 3.8) is 0 Å². The van der Waals surface area contributed by atoms with Crippen LogP contribution in [0.2, 0.25) is 0 Å². The molecule has 2 bridgehead atoms. The molecule has 0 saturated heterocycles. The summed E-state index contributed by atoms with van der Waals surface area (Å²) >= 11 is 2.30. The van der Waals surface area contributed by atoms with E-state index in [9.17, 15) is 14.7 Å². The number of carbonyl (C=O) groups excluding carboxylic acids is 1. The lowest BCUT2D eigenvalue weighted by Crippen LogP contribution is -2.51. The van der Waals surface area contributed by atoms with Crippen LogP contribution in [-0.2, 0) is 4.79 Å². The number of nitrogens with one attached hydrogen (secondary N) is 1. The summed E-state index contributed by atoms with van der Waals surface area (Å²) in [6, 6.07) is 16.3. The topological polar surface area (TPSA) is 79.3 Å². The molecule has 0 atom stereocenters. The van der Waals surface area contributed by atoms with Gasteiger partial charge in [-0.2, -0.15) is 0 Å². The molecule has 35 heavy (non-hydrogen) atoms. The van der Waals surface area contributed by atoms with E-state index < -0.39 is 11.4 Å². The van der Waals surface area contributed by atoms with Crippen LogP contribution >= 0.6 is 22.6 Å². The summed E-state index contributed by atoms with van der Waals surface area (Å²) in [7, 11) is 0. The molecule has 1 aromatic heterocycles. The van der Waals surface area contributed by atoms with Crippen molar-refractivity contribution in [1.82, 2.24) is 10.3 Å². The number of rotatable bonds is 5. The number of benzene rings is 2. The quantitative estimate of drug-likeness (QED) is 0.330. The smallest absolute Gasteiger partial charge is 0.309 e. The van der Waals surface area contributed by atoms with Crippen molar-refractivity contribution in [1.29, 1.82) is 0 Å². The second-order valence-electron chi connectivity index (χ2n) is 10.7. The van der Waals surface area contributed by atoms with Crippen LogP contribution in [0.25, 0.3) is 22.2 Å². The lowest BCUT2D eigenvalue weighted by atomic mass is 9.68. The standard InChI is InChI=1S/C29H29IN2O3/c30-20-9-10-22-21(17-20)24(23(18-7-8-18)25(31-22)19-5-2-1-3-6-19)26(33)32-29-12-4-11-28(13-15-29,14-16-29)27(34)35/h1-3,5-6,9-10,17-18H,4,7-8,11-16H2,(H,32,33)(H,34,35). The van der Waals surface area contributed by atoms with E-state index in [0.29, 0.717) is 25.2 Å². The highest BCUT2D eigenvalue weighted by molar-refractivity contribution is 14.1. The van der Waals surface area contributed by atoms with E-state index in [1.54, 1.807) is 0 Å². The van der Waals surface area contributed by atoms with Crippen molar-refractivity contribution in [3.05, 3.63) is 63.2 Å². The number of hydrogen-bond acceptors (Lipinski definition) is 3. The lowest BCUT2D eigenvalue weighted by molar-refractivity contribution is -0.151. The van der Waals surface area contributed by atoms with Crippen LogP contribution in [0.3, 0.4) is 0 Å². The molecule has 4 aliphatic carbocycles. The van der Waals surface area contributed by atoms with Gasteiger partial charge in [0.1, 0.15) is 0 Å². The van der Waals surface area contributed by atoms with E-state index in [1.807, 2.05) is 30.3 Å². The Hall–Kier alpha value is -2.48. The predicted molar refractivity (Wildman–Crippen MR) is 144 cm³/mol. The van der Waals surface area contributed by atoms with Crippen LogP contribution in [0.4, 0.5) is 0 Å². The fraction of sp³-hybridized carbons (Fsp3) is 0.414. The minimum Gasteiger partial charge on any atom is -0.481 e. The van der Waals surface area contributed by atoms with E-state index in [1.165, 1.54) is 0 Å². The first-order valence-corrected chi connectivity index (χ1v) is 13.7. The fourth-order valence-electron chi connectivity index (χ4n) is 6.36. The third-order valence-electron chi connectivity index (χ3n) is 8.55. The molecule has 1 amide bonds. The Balaban J connectivity index is 1.46. The number of amides is 1. The zero-order chi connectivity index (χ0) is 24.2. The number of pyridine rings is 1. The van der Waals surface area contributed by atoms with Gasteiger partial charge in [0.05, 0.1) is 22.2 Å². The molecule has 180 valence electrons. The van der Waals surface area contributed by atoms with Crippen molar-refractivity contribution in [3.8, 4) is 11.3 Å². The van der Waals surface area contributed by atoms with Crippen molar-refractivity contribution in [2.24, 2.45) is 5.41 Å². The van der Waals surface area contributed by atoms with E-state index in [-0.39, 0.29) is 11.4 Å². The van der Waals surface area contributed by atoms with Crippen LogP contribution in [0, 0.1) is 8.99 Å². The van der Waals surface area contributed by atoms with Crippen LogP contribution in [0.15, 0.2) is 48.5 Å². The molecule has 1 heterocycles. The number of carboxylic acids is 1. The highest BCUT2D eigenvalue weighted by Crippen LogP contribution is 2.51. The maximum atomic E-state index is 14.2. The number of aliphatic carboxylic acids is 1. The summed E-state index contributed by atoms with van der Waals surface area (Å²) in [4.78, 5) is 31.3. The molecule has 4 saturated carbocycles. The first-order valence-electron chi connectivity index (χ1n) is 12.6. The number of carboxylic acid groups (broad SMARTS) is 1. The Bertz CT molecular complexity index is 1320. The second kappa shape index (κ2) is 8.57. The van der Waals surface area contributed by atoms with E-state index in [0.717, 1.165) is 75.4 Å². The van der Waals surface area contributed by atoms with Gasteiger partial charge in [0.25, 0.3) is 5.91 Å². The summed E-state index contributed by atoms with van der Waals surface area (Å²) < 4.78 is 1.08. The van der Waals surface area contributed by atoms with E-state index in [2.05, 4.69) is 46.1 Å². The molecular formula is C29H29IN2O3. The molecule has 4 fully saturated rings. The molecule has 2 aromatic carbocycles. The van der Waals surface area contributed by atoms with Gasteiger partial charge in [0.15, 0.2) is 0 Å². The highest BCUT2D eigenvalue weighted by Gasteiger charge is 2.50. The maximum Gasteiger partial charge on any atom is 0.309 e. The summed E-state index contributed by atoms with van der Waals surface area (Å²) in [6.07, 6.45) is 7.29. The Kier molecular flexibility index (Phi) is 5.62. The van der Waals surface area contributed by atoms with E-state index >= 15 is 0 Å². The van der Waals surface area contributed by atoms with Gasteiger partial charge in [-0.05, 0) is 110 Å². The van der Waals surface area contributed by atoms with Gasteiger partial charge < -0.3 is 10.4 Å². The van der Waals surface area contributed by atoms with Crippen molar-refractivity contribution >= 4 is 45.4 Å². The highest BCUT2D eigenvalue weighted by atomic mass is 127. The van der Waals surface area contributed by atoms with E-state index in [4.69, 9.17) is 4.98 Å². The third-order valence-corrected chi connectivity index (χ3v) is 9.22. The zero-order valence-corrected chi connectivity index (χ0v) is 21.8. The molecule has 4 aliphatic rings. The average Bonchev–Trinajstić information content (AvgIpc) is 3.72. The Morgan fingerprint density at radius 1 is 0.971 bits per heavy atom. The van der Waals surface area contributed by atoms with Crippen LogP contribution in [0.1, 0.15) is 79.6 Å². The second-order valence-corrected chi connectivity index (χ2v) is 12.0. The number of fused-ring (bicyclic) bond motifs is 5. The normalized spacial score (nSPS) is 25.9. The largest absolute Gasteiger partial charge is 0.481 e. The minimum absolute atomic E-state index is 0.0248. The molecule has 0 spiro atoms. The minimum atomic E-state index is -0.669. The monoisotopic (exact) mass is 580 g/mol. The molecule has 2 N–H and O–H groups in total. The maximum absolute atomic E-state index is 14.2. The fourth-order valence-corrected chi connectivity index (χ4v) is 6.86. The first-order chi connectivity index (χ1) is 16.9. The van der Waals surface area contributed by atoms with Gasteiger partial charge in [-0.25, -0.2) is 4.98 Å². The summed E-state index contributed by atoms with van der Waals surface area (Å²) in [5.74, 6) is -0.348. The van der Waals surface area contributed by atoms with Crippen LogP contribution in [-0.4, -0.2) is 27.5 Å². The Morgan fingerprint density at radius 2 is 1.71 bits per heavy atom. The number of carbonyl (C=O) groups is 2. The molecule has 7 rings (SSSR count). The van der Waals surface area contributed by atoms with Crippen molar-refractivity contribution in [2.75, 3.05) is 0 Å². The lowest BCUT2D eigenvalue weighted by Gasteiger charge is -2.41. The SMILES string of the molecule is O=C(NC12CCCC(C(=O)O)(CC1)CC2)c1c(C2CC2)c(-c2ccccc2)nc2ccc(I)cc12.